The molecule has 0 N–H and O–H groups in total. The van der Waals surface area contributed by atoms with Crippen LogP contribution >= 0.6 is 22.6 Å². The molecule has 0 aromatic carbocycles. The number of allylic oxidation sites excluding steroid dienone is 4. The first kappa shape index (κ1) is 7.32. The van der Waals surface area contributed by atoms with Gasteiger partial charge < -0.3 is 0 Å². The normalized spacial score (nSPS) is 27.2. The van der Waals surface area contributed by atoms with Gasteiger partial charge in [-0.15, -0.1) is 0 Å². The molecule has 1 aliphatic carbocycles. The predicted octanol–water partition coefficient (Wildman–Crippen LogP) is 3.29. The molecule has 1 atom stereocenters. The average Bonchev–Trinajstić information content (AvgIpc) is 1.80. The molecule has 0 fully saturated rings. The lowest BCUT2D eigenvalue weighted by Crippen LogP contribution is -1.94. The summed E-state index contributed by atoms with van der Waals surface area (Å²) in [5.41, 5.74) is 1.44. The second-order valence-electron chi connectivity index (χ2n) is 2.61. The summed E-state index contributed by atoms with van der Waals surface area (Å²) in [6.45, 7) is 4.43. The van der Waals surface area contributed by atoms with Crippen molar-refractivity contribution >= 4 is 22.6 Å². The van der Waals surface area contributed by atoms with Crippen LogP contribution in [-0.2, 0) is 0 Å². The van der Waals surface area contributed by atoms with E-state index in [9.17, 15) is 0 Å². The van der Waals surface area contributed by atoms with E-state index < -0.39 is 0 Å². The average molecular weight is 234 g/mol. The number of hydrogen-bond acceptors (Lipinski definition) is 0. The van der Waals surface area contributed by atoms with Gasteiger partial charge in [0.2, 0.25) is 0 Å². The first-order valence-corrected chi connectivity index (χ1v) is 4.32. The summed E-state index contributed by atoms with van der Waals surface area (Å²) < 4.78 is 1.42. The molecule has 0 nitrogen and oxygen atoms in total. The number of rotatable bonds is 0. The van der Waals surface area contributed by atoms with Crippen LogP contribution in [0.5, 0.6) is 0 Å². The largest absolute Gasteiger partial charge is 0.0774 e. The summed E-state index contributed by atoms with van der Waals surface area (Å²) in [5.74, 6) is 0.753. The van der Waals surface area contributed by atoms with Gasteiger partial charge in [0.1, 0.15) is 0 Å². The van der Waals surface area contributed by atoms with Crippen molar-refractivity contribution < 1.29 is 0 Å². The van der Waals surface area contributed by atoms with Crippen LogP contribution in [-0.4, -0.2) is 0 Å². The van der Waals surface area contributed by atoms with Gasteiger partial charge in [0.25, 0.3) is 0 Å². The fourth-order valence-electron chi connectivity index (χ4n) is 1.02. The van der Waals surface area contributed by atoms with E-state index in [1.807, 2.05) is 0 Å². The minimum absolute atomic E-state index is 0.753. The Morgan fingerprint density at radius 2 is 2.33 bits per heavy atom. The Labute approximate surface area is 70.2 Å². The molecular weight excluding hydrogens is 223 g/mol. The van der Waals surface area contributed by atoms with Crippen molar-refractivity contribution in [1.29, 1.82) is 0 Å². The van der Waals surface area contributed by atoms with Gasteiger partial charge in [-0.1, -0.05) is 19.1 Å². The monoisotopic (exact) mass is 234 g/mol. The summed E-state index contributed by atoms with van der Waals surface area (Å²) in [6, 6.07) is 0. The van der Waals surface area contributed by atoms with E-state index in [0.717, 1.165) is 5.92 Å². The third kappa shape index (κ3) is 1.81. The fourth-order valence-corrected chi connectivity index (χ4v) is 1.46. The Morgan fingerprint density at radius 1 is 1.67 bits per heavy atom. The van der Waals surface area contributed by atoms with Crippen LogP contribution in [0.3, 0.4) is 0 Å². The Bertz CT molecular complexity index is 165. The van der Waals surface area contributed by atoms with E-state index in [1.54, 1.807) is 0 Å². The van der Waals surface area contributed by atoms with Crippen LogP contribution in [0.2, 0.25) is 0 Å². The lowest BCUT2D eigenvalue weighted by atomic mass is 9.99. The molecule has 1 heteroatoms. The van der Waals surface area contributed by atoms with E-state index >= 15 is 0 Å². The minimum Gasteiger partial charge on any atom is -0.0774 e. The lowest BCUT2D eigenvalue weighted by Gasteiger charge is -2.11. The zero-order chi connectivity index (χ0) is 6.85. The van der Waals surface area contributed by atoms with E-state index in [1.165, 1.54) is 15.6 Å². The Kier molecular flexibility index (Phi) is 2.33. The van der Waals surface area contributed by atoms with Crippen LogP contribution < -0.4 is 0 Å². The maximum absolute atomic E-state index is 2.39. The summed E-state index contributed by atoms with van der Waals surface area (Å²) in [4.78, 5) is 0. The molecule has 50 valence electrons. The van der Waals surface area contributed by atoms with Crippen LogP contribution in [0.15, 0.2) is 21.3 Å². The Morgan fingerprint density at radius 3 is 2.78 bits per heavy atom. The summed E-state index contributed by atoms with van der Waals surface area (Å²) in [5, 5.41) is 0. The highest BCUT2D eigenvalue weighted by Crippen LogP contribution is 2.26. The number of hydrogen-bond donors (Lipinski definition) is 0. The second-order valence-corrected chi connectivity index (χ2v) is 3.78. The summed E-state index contributed by atoms with van der Waals surface area (Å²) in [6.07, 6.45) is 5.86. The molecule has 0 saturated carbocycles. The van der Waals surface area contributed by atoms with Crippen LogP contribution in [0.1, 0.15) is 20.3 Å². The maximum atomic E-state index is 2.39. The van der Waals surface area contributed by atoms with E-state index in [-0.39, 0.29) is 0 Å². The minimum atomic E-state index is 0.753. The molecule has 0 aliphatic heterocycles. The van der Waals surface area contributed by atoms with Crippen molar-refractivity contribution in [1.82, 2.24) is 0 Å². The molecular formula is C8H11I. The van der Waals surface area contributed by atoms with Crippen LogP contribution in [0.25, 0.3) is 0 Å². The van der Waals surface area contributed by atoms with Crippen molar-refractivity contribution in [3.05, 3.63) is 21.3 Å². The topological polar surface area (TPSA) is 0 Å². The van der Waals surface area contributed by atoms with Crippen molar-refractivity contribution in [2.24, 2.45) is 5.92 Å². The molecule has 0 amide bonds. The standard InChI is InChI=1S/C8H11I/c1-6-3-4-8(9)7(2)5-6/h4-6H,3H2,1-2H3. The second kappa shape index (κ2) is 2.86. The third-order valence-corrected chi connectivity index (χ3v) is 2.87. The van der Waals surface area contributed by atoms with Gasteiger partial charge in [-0.05, 0) is 47.4 Å². The highest BCUT2D eigenvalue weighted by molar-refractivity contribution is 14.1. The van der Waals surface area contributed by atoms with Gasteiger partial charge in [-0.2, -0.15) is 0 Å². The number of halogens is 1. The molecule has 1 unspecified atom stereocenters. The lowest BCUT2D eigenvalue weighted by molar-refractivity contribution is 0.728. The van der Waals surface area contributed by atoms with Crippen LogP contribution in [0.4, 0.5) is 0 Å². The van der Waals surface area contributed by atoms with Gasteiger partial charge in [0, 0.05) is 3.58 Å². The highest BCUT2D eigenvalue weighted by atomic mass is 127. The molecule has 9 heavy (non-hydrogen) atoms. The zero-order valence-corrected chi connectivity index (χ0v) is 7.97. The molecule has 0 radical (unpaired) electrons. The van der Waals surface area contributed by atoms with Crippen molar-refractivity contribution in [3.63, 3.8) is 0 Å². The predicted molar refractivity (Wildman–Crippen MR) is 49.6 cm³/mol. The summed E-state index contributed by atoms with van der Waals surface area (Å²) >= 11 is 2.39. The van der Waals surface area contributed by atoms with Crippen LogP contribution in [0, 0.1) is 5.92 Å². The molecule has 0 saturated heterocycles. The van der Waals surface area contributed by atoms with E-state index in [0.29, 0.717) is 0 Å². The van der Waals surface area contributed by atoms with Crippen molar-refractivity contribution in [2.75, 3.05) is 0 Å². The maximum Gasteiger partial charge on any atom is 0.0116 e. The summed E-state index contributed by atoms with van der Waals surface area (Å²) in [7, 11) is 0. The first-order chi connectivity index (χ1) is 4.20. The van der Waals surface area contributed by atoms with Gasteiger partial charge in [-0.25, -0.2) is 0 Å². The van der Waals surface area contributed by atoms with Gasteiger partial charge in [0.05, 0.1) is 0 Å². The molecule has 0 aromatic heterocycles. The third-order valence-electron chi connectivity index (χ3n) is 1.58. The van der Waals surface area contributed by atoms with Gasteiger partial charge in [-0.3, -0.25) is 0 Å². The first-order valence-electron chi connectivity index (χ1n) is 3.24. The molecule has 1 aliphatic rings. The van der Waals surface area contributed by atoms with E-state index in [2.05, 4.69) is 48.6 Å². The molecule has 0 heterocycles. The molecule has 0 spiro atoms. The van der Waals surface area contributed by atoms with Crippen molar-refractivity contribution in [3.8, 4) is 0 Å². The Hall–Kier alpha value is 0.210. The quantitative estimate of drug-likeness (QED) is 0.564. The Balaban J connectivity index is 2.75. The fraction of sp³-hybridized carbons (Fsp3) is 0.500. The zero-order valence-electron chi connectivity index (χ0n) is 5.82. The molecule has 1 rings (SSSR count). The van der Waals surface area contributed by atoms with Crippen molar-refractivity contribution in [2.45, 2.75) is 20.3 Å². The highest BCUT2D eigenvalue weighted by Gasteiger charge is 2.05. The molecule has 0 bridgehead atoms. The van der Waals surface area contributed by atoms with Gasteiger partial charge in [0.15, 0.2) is 0 Å². The SMILES string of the molecule is CC1=CC(C)CC=C1I. The van der Waals surface area contributed by atoms with E-state index in [4.69, 9.17) is 0 Å². The molecule has 0 aromatic rings. The smallest absolute Gasteiger partial charge is 0.0116 e. The van der Waals surface area contributed by atoms with Gasteiger partial charge >= 0.3 is 0 Å².